The minimum absolute atomic E-state index is 0.0460. The first-order valence-electron chi connectivity index (χ1n) is 10.4. The van der Waals surface area contributed by atoms with Crippen molar-refractivity contribution >= 4 is 51.7 Å². The zero-order valence-electron chi connectivity index (χ0n) is 18.2. The summed E-state index contributed by atoms with van der Waals surface area (Å²) in [5.41, 5.74) is 2.80. The number of fused-ring (bicyclic) bond motifs is 1. The molecule has 0 atom stereocenters. The van der Waals surface area contributed by atoms with Crippen molar-refractivity contribution in [3.8, 4) is 0 Å². The number of aromatic nitrogens is 2. The van der Waals surface area contributed by atoms with Gasteiger partial charge in [-0.25, -0.2) is 4.98 Å². The van der Waals surface area contributed by atoms with Crippen LogP contribution in [0.4, 0.5) is 5.82 Å². The van der Waals surface area contributed by atoms with Gasteiger partial charge in [-0.1, -0.05) is 60.4 Å². The Balaban J connectivity index is 1.75. The highest BCUT2D eigenvalue weighted by Gasteiger charge is 2.34. The average molecular weight is 465 g/mol. The molecule has 1 aromatic carbocycles. The largest absolute Gasteiger partial charge is 0.369 e. The standard InChI is InChI=1S/C24H24N4O2S2/c1-15(2)28-23(30)19(32-24(28)31)14-18-20(25-12-11-17-9-5-4-6-10-17)26-21-16(3)8-7-13-27(21)22(18)29/h4-10,13-15,25H,11-12H2,1-3H3. The quantitative estimate of drug-likeness (QED) is 0.434. The van der Waals surface area contributed by atoms with Crippen molar-refractivity contribution in [2.24, 2.45) is 0 Å². The van der Waals surface area contributed by atoms with Gasteiger partial charge in [0.25, 0.3) is 11.5 Å². The number of nitrogens with zero attached hydrogens (tertiary/aromatic N) is 3. The first-order chi connectivity index (χ1) is 15.4. The van der Waals surface area contributed by atoms with Gasteiger partial charge in [0, 0.05) is 18.8 Å². The van der Waals surface area contributed by atoms with Gasteiger partial charge >= 0.3 is 0 Å². The lowest BCUT2D eigenvalue weighted by atomic mass is 10.1. The molecule has 0 aliphatic carbocycles. The van der Waals surface area contributed by atoms with E-state index < -0.39 is 0 Å². The maximum atomic E-state index is 13.4. The molecule has 1 aliphatic rings. The molecule has 1 N–H and O–H groups in total. The highest BCUT2D eigenvalue weighted by atomic mass is 32.2. The first-order valence-corrected chi connectivity index (χ1v) is 11.7. The molecule has 164 valence electrons. The second-order valence-electron chi connectivity index (χ2n) is 7.87. The van der Waals surface area contributed by atoms with Gasteiger partial charge in [-0.3, -0.25) is 18.9 Å². The van der Waals surface area contributed by atoms with Crippen molar-refractivity contribution in [3.63, 3.8) is 0 Å². The Morgan fingerprint density at radius 3 is 2.59 bits per heavy atom. The fourth-order valence-corrected chi connectivity index (χ4v) is 5.11. The summed E-state index contributed by atoms with van der Waals surface area (Å²) in [5, 5.41) is 3.32. The molecule has 2 aromatic heterocycles. The van der Waals surface area contributed by atoms with Crippen LogP contribution in [0.15, 0.2) is 58.4 Å². The molecule has 1 aliphatic heterocycles. The van der Waals surface area contributed by atoms with Crippen LogP contribution < -0.4 is 10.9 Å². The lowest BCUT2D eigenvalue weighted by Crippen LogP contribution is -2.34. The summed E-state index contributed by atoms with van der Waals surface area (Å²) < 4.78 is 2.02. The van der Waals surface area contributed by atoms with Crippen LogP contribution in [0.2, 0.25) is 0 Å². The molecule has 0 saturated carbocycles. The SMILES string of the molecule is Cc1cccn2c(=O)c(C=C3SC(=S)N(C(C)C)C3=O)c(NCCc3ccccc3)nc12. The summed E-state index contributed by atoms with van der Waals surface area (Å²) >= 11 is 6.60. The molecule has 1 fully saturated rings. The first kappa shape index (κ1) is 22.2. The Morgan fingerprint density at radius 2 is 1.91 bits per heavy atom. The van der Waals surface area contributed by atoms with Gasteiger partial charge in [-0.2, -0.15) is 0 Å². The molecule has 32 heavy (non-hydrogen) atoms. The van der Waals surface area contributed by atoms with Crippen LogP contribution in [0.25, 0.3) is 11.7 Å². The third-order valence-corrected chi connectivity index (χ3v) is 6.58. The molecule has 3 aromatic rings. The van der Waals surface area contributed by atoms with Crippen LogP contribution in [0.3, 0.4) is 0 Å². The van der Waals surface area contributed by atoms with Crippen LogP contribution in [-0.4, -0.2) is 37.1 Å². The third-order valence-electron chi connectivity index (χ3n) is 5.25. The van der Waals surface area contributed by atoms with E-state index in [1.165, 1.54) is 21.7 Å². The number of nitrogens with one attached hydrogen (secondary N) is 1. The highest BCUT2D eigenvalue weighted by Crippen LogP contribution is 2.34. The van der Waals surface area contributed by atoms with Gasteiger partial charge in [0.2, 0.25) is 0 Å². The number of benzene rings is 1. The Hall–Kier alpha value is -2.97. The van der Waals surface area contributed by atoms with Crippen LogP contribution in [-0.2, 0) is 11.2 Å². The number of rotatable bonds is 6. The van der Waals surface area contributed by atoms with E-state index in [1.807, 2.05) is 51.1 Å². The number of aryl methyl sites for hydroxylation is 1. The number of carbonyl (C=O) groups excluding carboxylic acids is 1. The lowest BCUT2D eigenvalue weighted by Gasteiger charge is -2.18. The fraction of sp³-hybridized carbons (Fsp3) is 0.250. The normalized spacial score (nSPS) is 15.4. The predicted octanol–water partition coefficient (Wildman–Crippen LogP) is 4.27. The lowest BCUT2D eigenvalue weighted by molar-refractivity contribution is -0.123. The molecule has 1 saturated heterocycles. The molecule has 0 unspecified atom stereocenters. The number of anilines is 1. The fourth-order valence-electron chi connectivity index (χ4n) is 3.60. The van der Waals surface area contributed by atoms with Crippen molar-refractivity contribution in [1.29, 1.82) is 0 Å². The van der Waals surface area contributed by atoms with Crippen LogP contribution in [0.1, 0.15) is 30.5 Å². The van der Waals surface area contributed by atoms with Gasteiger partial charge < -0.3 is 5.32 Å². The van der Waals surface area contributed by atoms with E-state index in [-0.39, 0.29) is 17.5 Å². The summed E-state index contributed by atoms with van der Waals surface area (Å²) in [6, 6.07) is 13.8. The maximum absolute atomic E-state index is 13.4. The zero-order valence-corrected chi connectivity index (χ0v) is 19.8. The molecule has 4 rings (SSSR count). The number of thioether (sulfide) groups is 1. The maximum Gasteiger partial charge on any atom is 0.267 e. The van der Waals surface area contributed by atoms with E-state index >= 15 is 0 Å². The highest BCUT2D eigenvalue weighted by molar-refractivity contribution is 8.26. The van der Waals surface area contributed by atoms with E-state index in [1.54, 1.807) is 17.2 Å². The predicted molar refractivity (Wildman–Crippen MR) is 135 cm³/mol. The minimum atomic E-state index is -0.226. The molecular formula is C24H24N4O2S2. The van der Waals surface area contributed by atoms with Crippen LogP contribution in [0.5, 0.6) is 0 Å². The average Bonchev–Trinajstić information content (AvgIpc) is 3.05. The van der Waals surface area contributed by atoms with Gasteiger partial charge in [-0.05, 0) is 50.5 Å². The molecule has 6 nitrogen and oxygen atoms in total. The Bertz CT molecular complexity index is 1280. The molecule has 0 bridgehead atoms. The summed E-state index contributed by atoms with van der Waals surface area (Å²) in [4.78, 5) is 33.1. The van der Waals surface area contributed by atoms with E-state index in [0.29, 0.717) is 32.8 Å². The van der Waals surface area contributed by atoms with Gasteiger partial charge in [0.15, 0.2) is 0 Å². The van der Waals surface area contributed by atoms with Gasteiger partial charge in [0.05, 0.1) is 10.5 Å². The van der Waals surface area contributed by atoms with E-state index in [9.17, 15) is 9.59 Å². The number of pyridine rings is 1. The second-order valence-corrected chi connectivity index (χ2v) is 9.55. The molecular weight excluding hydrogens is 440 g/mol. The molecule has 3 heterocycles. The molecule has 8 heteroatoms. The van der Waals surface area contributed by atoms with Crippen molar-refractivity contribution in [2.75, 3.05) is 11.9 Å². The summed E-state index contributed by atoms with van der Waals surface area (Å²) in [6.07, 6.45) is 4.10. The number of hydrogen-bond donors (Lipinski definition) is 1. The number of thiocarbonyl (C=S) groups is 1. The summed E-state index contributed by atoms with van der Waals surface area (Å²) in [7, 11) is 0. The van der Waals surface area contributed by atoms with Gasteiger partial charge in [0.1, 0.15) is 15.8 Å². The van der Waals surface area contributed by atoms with Crippen molar-refractivity contribution in [1.82, 2.24) is 14.3 Å². The summed E-state index contributed by atoms with van der Waals surface area (Å²) in [5.74, 6) is 0.286. The molecule has 1 amide bonds. The Morgan fingerprint density at radius 1 is 1.16 bits per heavy atom. The smallest absolute Gasteiger partial charge is 0.267 e. The third kappa shape index (κ3) is 4.33. The number of carbonyl (C=O) groups is 1. The molecule has 0 spiro atoms. The van der Waals surface area contributed by atoms with Crippen LogP contribution in [0, 0.1) is 6.92 Å². The Kier molecular flexibility index (Phi) is 6.43. The van der Waals surface area contributed by atoms with E-state index in [4.69, 9.17) is 17.2 Å². The number of hydrogen-bond acceptors (Lipinski definition) is 6. The van der Waals surface area contributed by atoms with E-state index in [0.717, 1.165) is 12.0 Å². The zero-order chi connectivity index (χ0) is 22.8. The van der Waals surface area contributed by atoms with Gasteiger partial charge in [-0.15, -0.1) is 0 Å². The van der Waals surface area contributed by atoms with Crippen molar-refractivity contribution < 1.29 is 4.79 Å². The Labute approximate surface area is 196 Å². The molecule has 0 radical (unpaired) electrons. The van der Waals surface area contributed by atoms with Crippen molar-refractivity contribution in [2.45, 2.75) is 33.2 Å². The second kappa shape index (κ2) is 9.26. The number of amides is 1. The topological polar surface area (TPSA) is 66.7 Å². The minimum Gasteiger partial charge on any atom is -0.369 e. The van der Waals surface area contributed by atoms with E-state index in [2.05, 4.69) is 17.4 Å². The monoisotopic (exact) mass is 464 g/mol. The summed E-state index contributed by atoms with van der Waals surface area (Å²) in [6.45, 7) is 6.36. The van der Waals surface area contributed by atoms with Crippen LogP contribution >= 0.6 is 24.0 Å². The van der Waals surface area contributed by atoms with Crippen molar-refractivity contribution in [3.05, 3.63) is 80.6 Å².